The van der Waals surface area contributed by atoms with Crippen molar-refractivity contribution in [1.82, 2.24) is 0 Å². The lowest BCUT2D eigenvalue weighted by atomic mass is 10.2. The second-order valence-corrected chi connectivity index (χ2v) is 6.65. The molecule has 2 aromatic rings. The van der Waals surface area contributed by atoms with Crippen LogP contribution in [0.3, 0.4) is 0 Å². The molecule has 1 amide bonds. The van der Waals surface area contributed by atoms with E-state index in [4.69, 9.17) is 25.8 Å². The fraction of sp³-hybridized carbons (Fsp3) is 0.273. The lowest BCUT2D eigenvalue weighted by Crippen LogP contribution is -2.29. The van der Waals surface area contributed by atoms with Gasteiger partial charge in [-0.05, 0) is 62.2 Å². The van der Waals surface area contributed by atoms with Crippen LogP contribution in [0.15, 0.2) is 42.5 Å². The van der Waals surface area contributed by atoms with E-state index in [-0.39, 0.29) is 0 Å². The van der Waals surface area contributed by atoms with Crippen molar-refractivity contribution < 1.29 is 23.8 Å². The van der Waals surface area contributed by atoms with Crippen LogP contribution in [0.25, 0.3) is 6.08 Å². The number of carbonyl (C=O) groups is 2. The Kier molecular flexibility index (Phi) is 8.09. The highest BCUT2D eigenvalue weighted by Crippen LogP contribution is 2.36. The summed E-state index contributed by atoms with van der Waals surface area (Å²) in [6, 6.07) is 10.7. The van der Waals surface area contributed by atoms with Gasteiger partial charge in [0, 0.05) is 11.8 Å². The molecule has 0 spiro atoms. The van der Waals surface area contributed by atoms with Gasteiger partial charge >= 0.3 is 5.97 Å². The number of aryl methyl sites for hydroxylation is 1. The number of benzene rings is 2. The number of ether oxygens (including phenoxy) is 3. The molecule has 29 heavy (non-hydrogen) atoms. The molecule has 0 radical (unpaired) electrons. The van der Waals surface area contributed by atoms with Crippen LogP contribution >= 0.6 is 11.6 Å². The van der Waals surface area contributed by atoms with Crippen LogP contribution < -0.4 is 14.8 Å². The lowest BCUT2D eigenvalue weighted by Gasteiger charge is -2.13. The quantitative estimate of drug-likeness (QED) is 0.500. The van der Waals surface area contributed by atoms with Crippen molar-refractivity contribution in [3.05, 3.63) is 58.6 Å². The van der Waals surface area contributed by atoms with Gasteiger partial charge in [-0.15, -0.1) is 0 Å². The monoisotopic (exact) mass is 417 g/mol. The third-order valence-corrected chi connectivity index (χ3v) is 4.18. The number of hydrogen-bond donors (Lipinski definition) is 1. The molecule has 0 heterocycles. The van der Waals surface area contributed by atoms with Crippen molar-refractivity contribution in [1.29, 1.82) is 0 Å². The Labute approximate surface area is 175 Å². The van der Waals surface area contributed by atoms with Crippen molar-refractivity contribution in [3.8, 4) is 11.5 Å². The van der Waals surface area contributed by atoms with Crippen molar-refractivity contribution in [2.75, 3.05) is 19.0 Å². The maximum absolute atomic E-state index is 12.2. The molecule has 7 heteroatoms. The van der Waals surface area contributed by atoms with Crippen molar-refractivity contribution >= 4 is 35.2 Å². The molecule has 0 aliphatic rings. The summed E-state index contributed by atoms with van der Waals surface area (Å²) in [6.45, 7) is 5.72. The minimum Gasteiger partial charge on any atom is -0.493 e. The van der Waals surface area contributed by atoms with E-state index >= 15 is 0 Å². The van der Waals surface area contributed by atoms with E-state index < -0.39 is 18.0 Å². The summed E-state index contributed by atoms with van der Waals surface area (Å²) in [6.07, 6.45) is 1.80. The second kappa shape index (κ2) is 10.5. The number of hydrogen-bond acceptors (Lipinski definition) is 5. The summed E-state index contributed by atoms with van der Waals surface area (Å²) in [5.41, 5.74) is 2.29. The molecule has 0 aliphatic carbocycles. The third kappa shape index (κ3) is 6.54. The van der Waals surface area contributed by atoms with E-state index in [0.717, 1.165) is 5.56 Å². The van der Waals surface area contributed by atoms with Crippen LogP contribution in [0.5, 0.6) is 11.5 Å². The van der Waals surface area contributed by atoms with E-state index in [1.54, 1.807) is 18.2 Å². The van der Waals surface area contributed by atoms with Crippen LogP contribution in [0, 0.1) is 6.92 Å². The molecule has 6 nitrogen and oxygen atoms in total. The number of rotatable bonds is 8. The zero-order valence-electron chi connectivity index (χ0n) is 16.8. The van der Waals surface area contributed by atoms with E-state index in [2.05, 4.69) is 5.32 Å². The summed E-state index contributed by atoms with van der Waals surface area (Å²) in [4.78, 5) is 24.3. The summed E-state index contributed by atoms with van der Waals surface area (Å²) >= 11 is 6.21. The van der Waals surface area contributed by atoms with Gasteiger partial charge in [0.2, 0.25) is 0 Å². The molecular weight excluding hydrogens is 394 g/mol. The van der Waals surface area contributed by atoms with Gasteiger partial charge < -0.3 is 19.5 Å². The second-order valence-electron chi connectivity index (χ2n) is 6.24. The third-order valence-electron chi connectivity index (χ3n) is 3.90. The number of carbonyl (C=O) groups excluding carboxylic acids is 2. The van der Waals surface area contributed by atoms with E-state index in [9.17, 15) is 9.59 Å². The van der Waals surface area contributed by atoms with Crippen molar-refractivity contribution in [2.24, 2.45) is 0 Å². The summed E-state index contributed by atoms with van der Waals surface area (Å²) in [5, 5.41) is 3.08. The summed E-state index contributed by atoms with van der Waals surface area (Å²) in [7, 11) is 1.50. The van der Waals surface area contributed by atoms with E-state index in [1.165, 1.54) is 26.2 Å². The molecule has 0 saturated heterocycles. The van der Waals surface area contributed by atoms with Crippen LogP contribution in [0.4, 0.5) is 5.69 Å². The highest BCUT2D eigenvalue weighted by molar-refractivity contribution is 6.32. The number of amides is 1. The minimum absolute atomic E-state index is 0.366. The molecule has 0 unspecified atom stereocenters. The molecule has 2 rings (SSSR count). The minimum atomic E-state index is -0.953. The number of methoxy groups -OCH3 is 1. The maximum atomic E-state index is 12.2. The van der Waals surface area contributed by atoms with E-state index in [0.29, 0.717) is 34.4 Å². The van der Waals surface area contributed by atoms with Crippen LogP contribution in [0.1, 0.15) is 25.0 Å². The maximum Gasteiger partial charge on any atom is 0.331 e. The topological polar surface area (TPSA) is 73.9 Å². The van der Waals surface area contributed by atoms with Gasteiger partial charge in [0.15, 0.2) is 17.6 Å². The number of anilines is 1. The Morgan fingerprint density at radius 2 is 2.00 bits per heavy atom. The fourth-order valence-electron chi connectivity index (χ4n) is 2.52. The Morgan fingerprint density at radius 3 is 2.66 bits per heavy atom. The predicted octanol–water partition coefficient (Wildman–Crippen LogP) is 4.64. The molecule has 0 aromatic heterocycles. The fourth-order valence-corrected chi connectivity index (χ4v) is 2.79. The van der Waals surface area contributed by atoms with Crippen LogP contribution in [-0.4, -0.2) is 31.7 Å². The molecule has 0 bridgehead atoms. The molecule has 0 aliphatic heterocycles. The first kappa shape index (κ1) is 22.3. The van der Waals surface area contributed by atoms with E-state index in [1.807, 2.05) is 32.0 Å². The smallest absolute Gasteiger partial charge is 0.331 e. The lowest BCUT2D eigenvalue weighted by molar-refractivity contribution is -0.148. The Balaban J connectivity index is 1.99. The molecular formula is C22H24ClNO5. The Hall–Kier alpha value is -2.99. The van der Waals surface area contributed by atoms with Gasteiger partial charge in [0.1, 0.15) is 0 Å². The zero-order valence-corrected chi connectivity index (χ0v) is 17.6. The van der Waals surface area contributed by atoms with Gasteiger partial charge in [-0.1, -0.05) is 23.7 Å². The predicted molar refractivity (Wildman–Crippen MR) is 114 cm³/mol. The highest BCUT2D eigenvalue weighted by atomic mass is 35.5. The largest absolute Gasteiger partial charge is 0.493 e. The molecule has 2 aromatic carbocycles. The zero-order chi connectivity index (χ0) is 21.4. The van der Waals surface area contributed by atoms with Gasteiger partial charge in [-0.25, -0.2) is 4.79 Å². The van der Waals surface area contributed by atoms with Crippen LogP contribution in [0.2, 0.25) is 5.02 Å². The standard InChI is InChI=1S/C22H24ClNO5/c1-5-28-21-18(23)12-16(13-19(21)27-4)9-10-20(25)29-15(3)22(26)24-17-8-6-7-14(2)11-17/h6-13,15H,5H2,1-4H3,(H,24,26)/b10-9+/t15-/m1/s1. The van der Waals surface area contributed by atoms with Crippen molar-refractivity contribution in [3.63, 3.8) is 0 Å². The molecule has 0 saturated carbocycles. The molecule has 1 atom stereocenters. The first-order valence-electron chi connectivity index (χ1n) is 9.10. The highest BCUT2D eigenvalue weighted by Gasteiger charge is 2.17. The van der Waals surface area contributed by atoms with Gasteiger partial charge in [-0.3, -0.25) is 4.79 Å². The van der Waals surface area contributed by atoms with Gasteiger partial charge in [0.25, 0.3) is 5.91 Å². The number of halogens is 1. The first-order valence-corrected chi connectivity index (χ1v) is 9.48. The Morgan fingerprint density at radius 1 is 1.24 bits per heavy atom. The average Bonchev–Trinajstić information content (AvgIpc) is 2.68. The van der Waals surface area contributed by atoms with Gasteiger partial charge in [-0.2, -0.15) is 0 Å². The van der Waals surface area contributed by atoms with Gasteiger partial charge in [0.05, 0.1) is 18.7 Å². The molecule has 154 valence electrons. The summed E-state index contributed by atoms with van der Waals surface area (Å²) in [5.74, 6) is -0.167. The van der Waals surface area contributed by atoms with Crippen LogP contribution in [-0.2, 0) is 14.3 Å². The summed E-state index contributed by atoms with van der Waals surface area (Å²) < 4.78 is 15.9. The Bertz CT molecular complexity index is 910. The molecule has 0 fully saturated rings. The average molecular weight is 418 g/mol. The molecule has 1 N–H and O–H groups in total. The normalized spacial score (nSPS) is 11.8. The SMILES string of the molecule is CCOc1c(Cl)cc(/C=C/C(=O)O[C@H](C)C(=O)Nc2cccc(C)c2)cc1OC. The first-order chi connectivity index (χ1) is 13.8. The number of esters is 1. The number of nitrogens with one attached hydrogen (secondary N) is 1. The van der Waals surface area contributed by atoms with Crippen molar-refractivity contribution in [2.45, 2.75) is 26.9 Å².